The number of benzene rings is 1. The van der Waals surface area contributed by atoms with Gasteiger partial charge >= 0.3 is 0 Å². The highest BCUT2D eigenvalue weighted by atomic mass is 16.5. The van der Waals surface area contributed by atoms with Crippen molar-refractivity contribution in [2.45, 2.75) is 45.8 Å². The fraction of sp³-hybridized carbons (Fsp3) is 0.571. The minimum absolute atomic E-state index is 0.102. The molecule has 0 spiro atoms. The Bertz CT molecular complexity index is 333. The molecule has 0 aromatic heterocycles. The molecule has 0 aliphatic heterocycles. The topological polar surface area (TPSA) is 47.3 Å². The number of rotatable bonds is 6. The Balaban J connectivity index is 2.72. The molecule has 0 aliphatic carbocycles. The van der Waals surface area contributed by atoms with Gasteiger partial charge in [0, 0.05) is 6.61 Å². The number of nitrogens with two attached hydrogens (primary N) is 1. The van der Waals surface area contributed by atoms with Gasteiger partial charge in [-0.25, -0.2) is 0 Å². The van der Waals surface area contributed by atoms with E-state index in [4.69, 9.17) is 10.6 Å². The van der Waals surface area contributed by atoms with E-state index in [-0.39, 0.29) is 11.6 Å². The van der Waals surface area contributed by atoms with Crippen molar-refractivity contribution in [1.29, 1.82) is 0 Å². The van der Waals surface area contributed by atoms with Crippen LogP contribution in [0, 0.1) is 6.92 Å². The van der Waals surface area contributed by atoms with Crippen LogP contribution in [0.4, 0.5) is 0 Å². The number of ether oxygens (including phenoxy) is 1. The van der Waals surface area contributed by atoms with Crippen LogP contribution in [0.5, 0.6) is 0 Å². The van der Waals surface area contributed by atoms with Gasteiger partial charge in [0.15, 0.2) is 0 Å². The lowest BCUT2D eigenvalue weighted by atomic mass is 9.92. The molecule has 96 valence electrons. The Morgan fingerprint density at radius 1 is 1.29 bits per heavy atom. The highest BCUT2D eigenvalue weighted by Crippen LogP contribution is 2.18. The second-order valence-electron chi connectivity index (χ2n) is 4.95. The summed E-state index contributed by atoms with van der Waals surface area (Å²) in [5, 5.41) is 0. The molecule has 0 heterocycles. The molecule has 0 saturated carbocycles. The number of nitrogens with one attached hydrogen (secondary N) is 1. The monoisotopic (exact) mass is 236 g/mol. The number of hydrazine groups is 1. The number of hydrogen-bond donors (Lipinski definition) is 2. The van der Waals surface area contributed by atoms with Gasteiger partial charge in [-0.3, -0.25) is 11.3 Å². The first-order chi connectivity index (χ1) is 7.99. The van der Waals surface area contributed by atoms with E-state index in [1.54, 1.807) is 0 Å². The number of aryl methyl sites for hydroxylation is 1. The zero-order chi connectivity index (χ0) is 12.9. The summed E-state index contributed by atoms with van der Waals surface area (Å²) in [6, 6.07) is 8.63. The van der Waals surface area contributed by atoms with Gasteiger partial charge in [0.05, 0.1) is 11.6 Å². The Labute approximate surface area is 104 Å². The first-order valence-electron chi connectivity index (χ1n) is 6.15. The zero-order valence-corrected chi connectivity index (χ0v) is 11.3. The van der Waals surface area contributed by atoms with Crippen LogP contribution >= 0.6 is 0 Å². The van der Waals surface area contributed by atoms with Gasteiger partial charge in [0.25, 0.3) is 0 Å². The zero-order valence-electron chi connectivity index (χ0n) is 11.3. The summed E-state index contributed by atoms with van der Waals surface area (Å²) in [6.45, 7) is 8.91. The third-order valence-electron chi connectivity index (χ3n) is 3.12. The van der Waals surface area contributed by atoms with Crippen LogP contribution < -0.4 is 11.3 Å². The summed E-state index contributed by atoms with van der Waals surface area (Å²) in [5.41, 5.74) is 5.14. The van der Waals surface area contributed by atoms with Crippen molar-refractivity contribution in [2.75, 3.05) is 6.61 Å². The van der Waals surface area contributed by atoms with Crippen LogP contribution in [0.3, 0.4) is 0 Å². The third-order valence-corrected chi connectivity index (χ3v) is 3.12. The van der Waals surface area contributed by atoms with Gasteiger partial charge in [-0.2, -0.15) is 0 Å². The lowest BCUT2D eigenvalue weighted by molar-refractivity contribution is -0.0380. The fourth-order valence-electron chi connectivity index (χ4n) is 1.94. The van der Waals surface area contributed by atoms with Crippen LogP contribution in [0.15, 0.2) is 24.3 Å². The minimum Gasteiger partial charge on any atom is -0.374 e. The van der Waals surface area contributed by atoms with E-state index in [1.807, 2.05) is 6.92 Å². The molecule has 0 saturated heterocycles. The molecular weight excluding hydrogens is 212 g/mol. The minimum atomic E-state index is -0.269. The molecule has 1 rings (SSSR count). The van der Waals surface area contributed by atoms with E-state index in [9.17, 15) is 0 Å². The molecule has 1 aromatic rings. The Morgan fingerprint density at radius 3 is 2.35 bits per heavy atom. The Hall–Kier alpha value is -0.900. The third kappa shape index (κ3) is 4.11. The quantitative estimate of drug-likeness (QED) is 0.588. The van der Waals surface area contributed by atoms with Crippen LogP contribution in [-0.4, -0.2) is 18.2 Å². The molecule has 0 fully saturated rings. The van der Waals surface area contributed by atoms with Gasteiger partial charge in [0.1, 0.15) is 0 Å². The van der Waals surface area contributed by atoms with Crippen molar-refractivity contribution in [2.24, 2.45) is 5.84 Å². The fourth-order valence-corrected chi connectivity index (χ4v) is 1.94. The summed E-state index contributed by atoms with van der Waals surface area (Å²) < 4.78 is 5.74. The maximum Gasteiger partial charge on any atom is 0.0795 e. The molecule has 0 radical (unpaired) electrons. The molecule has 17 heavy (non-hydrogen) atoms. The average Bonchev–Trinajstić information content (AvgIpc) is 2.28. The Kier molecular flexibility index (Phi) is 5.12. The molecule has 3 N–H and O–H groups in total. The van der Waals surface area contributed by atoms with Gasteiger partial charge < -0.3 is 4.74 Å². The standard InChI is InChI=1S/C14H24N2O/c1-5-17-14(3,4)13(16-15)10-12-8-6-11(2)7-9-12/h6-9,13,16H,5,10,15H2,1-4H3. The van der Waals surface area contributed by atoms with Crippen LogP contribution in [-0.2, 0) is 11.2 Å². The summed E-state index contributed by atoms with van der Waals surface area (Å²) >= 11 is 0. The summed E-state index contributed by atoms with van der Waals surface area (Å²) in [5.74, 6) is 5.64. The summed E-state index contributed by atoms with van der Waals surface area (Å²) in [6.07, 6.45) is 0.865. The molecule has 1 aromatic carbocycles. The molecule has 0 amide bonds. The predicted octanol–water partition coefficient (Wildman–Crippen LogP) is 2.18. The lowest BCUT2D eigenvalue weighted by Gasteiger charge is -2.33. The van der Waals surface area contributed by atoms with Crippen molar-refractivity contribution in [3.63, 3.8) is 0 Å². The molecule has 3 nitrogen and oxygen atoms in total. The van der Waals surface area contributed by atoms with E-state index < -0.39 is 0 Å². The summed E-state index contributed by atoms with van der Waals surface area (Å²) in [4.78, 5) is 0. The maximum absolute atomic E-state index is 5.74. The van der Waals surface area contributed by atoms with Crippen molar-refractivity contribution in [1.82, 2.24) is 5.43 Å². The largest absolute Gasteiger partial charge is 0.374 e. The van der Waals surface area contributed by atoms with Crippen LogP contribution in [0.25, 0.3) is 0 Å². The molecule has 1 unspecified atom stereocenters. The normalized spacial score (nSPS) is 13.7. The van der Waals surface area contributed by atoms with Gasteiger partial charge in [-0.05, 0) is 39.7 Å². The van der Waals surface area contributed by atoms with E-state index in [1.165, 1.54) is 11.1 Å². The smallest absolute Gasteiger partial charge is 0.0795 e. The van der Waals surface area contributed by atoms with Gasteiger partial charge in [0.2, 0.25) is 0 Å². The second-order valence-corrected chi connectivity index (χ2v) is 4.95. The molecular formula is C14H24N2O. The first kappa shape index (κ1) is 14.2. The highest BCUT2D eigenvalue weighted by molar-refractivity contribution is 5.22. The van der Waals surface area contributed by atoms with Crippen LogP contribution in [0.2, 0.25) is 0 Å². The van der Waals surface area contributed by atoms with Crippen LogP contribution in [0.1, 0.15) is 31.9 Å². The van der Waals surface area contributed by atoms with E-state index in [0.717, 1.165) is 6.42 Å². The number of hydrogen-bond acceptors (Lipinski definition) is 3. The second kappa shape index (κ2) is 6.15. The van der Waals surface area contributed by atoms with E-state index >= 15 is 0 Å². The predicted molar refractivity (Wildman–Crippen MR) is 71.7 cm³/mol. The van der Waals surface area contributed by atoms with Gasteiger partial charge in [-0.15, -0.1) is 0 Å². The molecule has 3 heteroatoms. The lowest BCUT2D eigenvalue weighted by Crippen LogP contribution is -2.52. The van der Waals surface area contributed by atoms with Crippen molar-refractivity contribution in [3.05, 3.63) is 35.4 Å². The average molecular weight is 236 g/mol. The van der Waals surface area contributed by atoms with E-state index in [0.29, 0.717) is 6.61 Å². The molecule has 1 atom stereocenters. The molecule has 0 aliphatic rings. The van der Waals surface area contributed by atoms with E-state index in [2.05, 4.69) is 50.5 Å². The SMILES string of the molecule is CCOC(C)(C)C(Cc1ccc(C)cc1)NN. The Morgan fingerprint density at radius 2 is 1.88 bits per heavy atom. The highest BCUT2D eigenvalue weighted by Gasteiger charge is 2.29. The van der Waals surface area contributed by atoms with Gasteiger partial charge in [-0.1, -0.05) is 29.8 Å². The van der Waals surface area contributed by atoms with Crippen molar-refractivity contribution < 1.29 is 4.74 Å². The van der Waals surface area contributed by atoms with Crippen molar-refractivity contribution >= 4 is 0 Å². The van der Waals surface area contributed by atoms with Crippen molar-refractivity contribution in [3.8, 4) is 0 Å². The molecule has 0 bridgehead atoms. The maximum atomic E-state index is 5.74. The first-order valence-corrected chi connectivity index (χ1v) is 6.15. The summed E-state index contributed by atoms with van der Waals surface area (Å²) in [7, 11) is 0.